The highest BCUT2D eigenvalue weighted by molar-refractivity contribution is 5.45. The minimum Gasteiger partial charge on any atom is -0.373 e. The molecular formula is C12H16FN5. The number of halogens is 1. The molecule has 0 unspecified atom stereocenters. The third-order valence-electron chi connectivity index (χ3n) is 2.73. The standard InChI is InChI=1S/C12H16FN5/c1-17(12-4-2-10(13)3-5-12)6-7-18-9-11(8-14)15-16-18/h2-5,9H,6-8,14H2,1H3. The summed E-state index contributed by atoms with van der Waals surface area (Å²) in [6.07, 6.45) is 1.83. The lowest BCUT2D eigenvalue weighted by Gasteiger charge is -2.18. The van der Waals surface area contributed by atoms with Gasteiger partial charge in [0.1, 0.15) is 5.82 Å². The van der Waals surface area contributed by atoms with Crippen LogP contribution in [0.25, 0.3) is 0 Å². The molecule has 0 saturated carbocycles. The van der Waals surface area contributed by atoms with Crippen LogP contribution in [0, 0.1) is 5.82 Å². The third-order valence-corrected chi connectivity index (χ3v) is 2.73. The molecule has 2 aromatic rings. The van der Waals surface area contributed by atoms with Gasteiger partial charge in [-0.25, -0.2) is 4.39 Å². The van der Waals surface area contributed by atoms with Crippen molar-refractivity contribution in [2.75, 3.05) is 18.5 Å². The summed E-state index contributed by atoms with van der Waals surface area (Å²) in [6, 6.07) is 6.41. The first-order chi connectivity index (χ1) is 8.69. The quantitative estimate of drug-likeness (QED) is 0.859. The molecule has 96 valence electrons. The van der Waals surface area contributed by atoms with E-state index < -0.39 is 0 Å². The molecule has 0 amide bonds. The fraction of sp³-hybridized carbons (Fsp3) is 0.333. The molecule has 0 radical (unpaired) electrons. The maximum Gasteiger partial charge on any atom is 0.123 e. The Balaban J connectivity index is 1.91. The molecule has 0 fully saturated rings. The van der Waals surface area contributed by atoms with Gasteiger partial charge in [-0.1, -0.05) is 5.21 Å². The van der Waals surface area contributed by atoms with E-state index in [1.165, 1.54) is 12.1 Å². The molecule has 2 N–H and O–H groups in total. The average molecular weight is 249 g/mol. The van der Waals surface area contributed by atoms with Crippen LogP contribution >= 0.6 is 0 Å². The summed E-state index contributed by atoms with van der Waals surface area (Å²) >= 11 is 0. The number of anilines is 1. The van der Waals surface area contributed by atoms with Crippen molar-refractivity contribution in [3.8, 4) is 0 Å². The first-order valence-electron chi connectivity index (χ1n) is 5.75. The van der Waals surface area contributed by atoms with E-state index in [0.29, 0.717) is 13.1 Å². The topological polar surface area (TPSA) is 60.0 Å². The Bertz CT molecular complexity index is 493. The maximum atomic E-state index is 12.8. The van der Waals surface area contributed by atoms with Gasteiger partial charge in [0.05, 0.1) is 12.2 Å². The molecule has 0 aliphatic carbocycles. The zero-order valence-corrected chi connectivity index (χ0v) is 10.3. The summed E-state index contributed by atoms with van der Waals surface area (Å²) in [7, 11) is 1.95. The number of rotatable bonds is 5. The number of nitrogens with two attached hydrogens (primary N) is 1. The van der Waals surface area contributed by atoms with Gasteiger partial charge in [0.15, 0.2) is 0 Å². The van der Waals surface area contributed by atoms with Gasteiger partial charge in [-0.2, -0.15) is 0 Å². The normalized spacial score (nSPS) is 10.6. The molecule has 2 rings (SSSR count). The Labute approximate surface area is 105 Å². The Morgan fingerprint density at radius 2 is 2.06 bits per heavy atom. The SMILES string of the molecule is CN(CCn1cc(CN)nn1)c1ccc(F)cc1. The predicted molar refractivity (Wildman–Crippen MR) is 67.6 cm³/mol. The number of aromatic nitrogens is 3. The zero-order valence-electron chi connectivity index (χ0n) is 10.3. The first-order valence-corrected chi connectivity index (χ1v) is 5.75. The molecule has 1 aromatic heterocycles. The lowest BCUT2D eigenvalue weighted by atomic mass is 10.3. The Morgan fingerprint density at radius 3 is 2.67 bits per heavy atom. The predicted octanol–water partition coefficient (Wildman–Crippen LogP) is 1.01. The molecule has 1 heterocycles. The first kappa shape index (κ1) is 12.5. The van der Waals surface area contributed by atoms with Crippen LogP contribution in [0.4, 0.5) is 10.1 Å². The molecular weight excluding hydrogens is 233 g/mol. The van der Waals surface area contributed by atoms with E-state index in [1.54, 1.807) is 16.8 Å². The van der Waals surface area contributed by atoms with E-state index in [4.69, 9.17) is 5.73 Å². The van der Waals surface area contributed by atoms with Gasteiger partial charge in [-0.15, -0.1) is 5.10 Å². The third kappa shape index (κ3) is 3.04. The van der Waals surface area contributed by atoms with E-state index in [-0.39, 0.29) is 5.82 Å². The largest absolute Gasteiger partial charge is 0.373 e. The summed E-state index contributed by atoms with van der Waals surface area (Å²) in [5.74, 6) is -0.226. The van der Waals surface area contributed by atoms with Crippen LogP contribution in [0.2, 0.25) is 0 Å². The molecule has 0 aliphatic rings. The van der Waals surface area contributed by atoms with E-state index in [9.17, 15) is 4.39 Å². The maximum absolute atomic E-state index is 12.8. The van der Waals surface area contributed by atoms with Crippen molar-refractivity contribution in [3.05, 3.63) is 42.0 Å². The monoisotopic (exact) mass is 249 g/mol. The molecule has 18 heavy (non-hydrogen) atoms. The fourth-order valence-electron chi connectivity index (χ4n) is 1.62. The summed E-state index contributed by atoms with van der Waals surface area (Å²) in [6.45, 7) is 1.87. The fourth-order valence-corrected chi connectivity index (χ4v) is 1.62. The van der Waals surface area contributed by atoms with Gasteiger partial charge in [0, 0.05) is 32.0 Å². The summed E-state index contributed by atoms with van der Waals surface area (Å²) < 4.78 is 14.5. The number of nitrogens with zero attached hydrogens (tertiary/aromatic N) is 4. The van der Waals surface area contributed by atoms with Crippen LogP contribution in [0.15, 0.2) is 30.5 Å². The van der Waals surface area contributed by atoms with Crippen molar-refractivity contribution < 1.29 is 4.39 Å². The number of benzene rings is 1. The van der Waals surface area contributed by atoms with Gasteiger partial charge in [-0.3, -0.25) is 4.68 Å². The van der Waals surface area contributed by atoms with Crippen molar-refractivity contribution in [1.82, 2.24) is 15.0 Å². The highest BCUT2D eigenvalue weighted by Crippen LogP contribution is 2.12. The number of hydrogen-bond acceptors (Lipinski definition) is 4. The molecule has 6 heteroatoms. The van der Waals surface area contributed by atoms with E-state index >= 15 is 0 Å². The lowest BCUT2D eigenvalue weighted by Crippen LogP contribution is -2.22. The van der Waals surface area contributed by atoms with Crippen molar-refractivity contribution >= 4 is 5.69 Å². The summed E-state index contributed by atoms with van der Waals surface area (Å²) in [4.78, 5) is 2.03. The minimum absolute atomic E-state index is 0.226. The highest BCUT2D eigenvalue weighted by Gasteiger charge is 2.03. The molecule has 0 aliphatic heterocycles. The van der Waals surface area contributed by atoms with E-state index in [2.05, 4.69) is 10.3 Å². The number of likely N-dealkylation sites (N-methyl/N-ethyl adjacent to an activating group) is 1. The Morgan fingerprint density at radius 1 is 1.33 bits per heavy atom. The highest BCUT2D eigenvalue weighted by atomic mass is 19.1. The van der Waals surface area contributed by atoms with Crippen molar-refractivity contribution in [2.45, 2.75) is 13.1 Å². The van der Waals surface area contributed by atoms with Crippen LogP contribution in [0.5, 0.6) is 0 Å². The minimum atomic E-state index is -0.226. The molecule has 0 spiro atoms. The van der Waals surface area contributed by atoms with E-state index in [1.807, 2.05) is 18.1 Å². The summed E-state index contributed by atoms with van der Waals surface area (Å²) in [5.41, 5.74) is 7.21. The summed E-state index contributed by atoms with van der Waals surface area (Å²) in [5, 5.41) is 7.88. The smallest absolute Gasteiger partial charge is 0.123 e. The second-order valence-electron chi connectivity index (χ2n) is 4.08. The van der Waals surface area contributed by atoms with Crippen LogP contribution in [-0.4, -0.2) is 28.6 Å². The number of hydrogen-bond donors (Lipinski definition) is 1. The second-order valence-corrected chi connectivity index (χ2v) is 4.08. The van der Waals surface area contributed by atoms with Gasteiger partial charge < -0.3 is 10.6 Å². The van der Waals surface area contributed by atoms with Crippen LogP contribution < -0.4 is 10.6 Å². The van der Waals surface area contributed by atoms with E-state index in [0.717, 1.165) is 17.9 Å². The van der Waals surface area contributed by atoms with Crippen LogP contribution in [-0.2, 0) is 13.1 Å². The lowest BCUT2D eigenvalue weighted by molar-refractivity contribution is 0.587. The van der Waals surface area contributed by atoms with Crippen molar-refractivity contribution in [2.24, 2.45) is 5.73 Å². The van der Waals surface area contributed by atoms with Gasteiger partial charge in [0.2, 0.25) is 0 Å². The molecule has 0 atom stereocenters. The second kappa shape index (κ2) is 5.59. The average Bonchev–Trinajstić information content (AvgIpc) is 2.85. The van der Waals surface area contributed by atoms with Crippen LogP contribution in [0.1, 0.15) is 5.69 Å². The van der Waals surface area contributed by atoms with Gasteiger partial charge in [0.25, 0.3) is 0 Å². The molecule has 0 bridgehead atoms. The zero-order chi connectivity index (χ0) is 13.0. The molecule has 1 aromatic carbocycles. The molecule has 0 saturated heterocycles. The van der Waals surface area contributed by atoms with Crippen LogP contribution in [0.3, 0.4) is 0 Å². The van der Waals surface area contributed by atoms with Crippen molar-refractivity contribution in [3.63, 3.8) is 0 Å². The van der Waals surface area contributed by atoms with Gasteiger partial charge in [-0.05, 0) is 24.3 Å². The van der Waals surface area contributed by atoms with Crippen molar-refractivity contribution in [1.29, 1.82) is 0 Å². The molecule has 5 nitrogen and oxygen atoms in total. The van der Waals surface area contributed by atoms with Gasteiger partial charge >= 0.3 is 0 Å². The Kier molecular flexibility index (Phi) is 3.88. The Hall–Kier alpha value is -1.95.